The normalized spacial score (nSPS) is 14.7. The van der Waals surface area contributed by atoms with Gasteiger partial charge in [0.25, 0.3) is 11.6 Å². The maximum absolute atomic E-state index is 13.0. The quantitative estimate of drug-likeness (QED) is 0.187. The van der Waals surface area contributed by atoms with Gasteiger partial charge < -0.3 is 9.88 Å². The fourth-order valence-corrected chi connectivity index (χ4v) is 4.30. The number of aromatic nitrogens is 1. The summed E-state index contributed by atoms with van der Waals surface area (Å²) < 4.78 is 2.02. The van der Waals surface area contributed by atoms with Crippen molar-refractivity contribution < 1.29 is 14.5 Å². The monoisotopic (exact) mass is 466 g/mol. The Kier molecular flexibility index (Phi) is 5.62. The first kappa shape index (κ1) is 22.1. The van der Waals surface area contributed by atoms with E-state index in [0.717, 1.165) is 33.2 Å². The van der Waals surface area contributed by atoms with Crippen LogP contribution < -0.4 is 5.32 Å². The van der Waals surface area contributed by atoms with Crippen LogP contribution in [0.25, 0.3) is 17.0 Å². The molecule has 0 unspecified atom stereocenters. The van der Waals surface area contributed by atoms with Crippen molar-refractivity contribution in [3.63, 3.8) is 0 Å². The van der Waals surface area contributed by atoms with Crippen molar-refractivity contribution in [3.05, 3.63) is 117 Å². The number of imide groups is 1. The van der Waals surface area contributed by atoms with Gasteiger partial charge >= 0.3 is 6.03 Å². The summed E-state index contributed by atoms with van der Waals surface area (Å²) in [6.07, 6.45) is 3.62. The second kappa shape index (κ2) is 8.90. The van der Waals surface area contributed by atoms with E-state index in [9.17, 15) is 19.7 Å². The SMILES string of the molecule is Cc1cccc(CN2C(=O)N/C(=C/c3cn(Cc4ccc([N+](=O)[O-])cc4)c4ccccc34)C2=O)c1. The van der Waals surface area contributed by atoms with Crippen LogP contribution in [0.2, 0.25) is 0 Å². The Morgan fingerprint density at radius 1 is 0.943 bits per heavy atom. The molecule has 8 nitrogen and oxygen atoms in total. The molecule has 8 heteroatoms. The molecule has 4 aromatic rings. The largest absolute Gasteiger partial charge is 0.342 e. The number of nitrogens with zero attached hydrogens (tertiary/aromatic N) is 3. The number of nitro groups is 1. The molecule has 2 heterocycles. The zero-order chi connectivity index (χ0) is 24.5. The minimum atomic E-state index is -0.447. The third-order valence-electron chi connectivity index (χ3n) is 6.00. The maximum Gasteiger partial charge on any atom is 0.329 e. The Morgan fingerprint density at radius 2 is 1.71 bits per heavy atom. The Morgan fingerprint density at radius 3 is 2.46 bits per heavy atom. The molecule has 0 atom stereocenters. The van der Waals surface area contributed by atoms with Crippen LogP contribution in [0.5, 0.6) is 0 Å². The highest BCUT2D eigenvalue weighted by Gasteiger charge is 2.33. The molecule has 0 spiro atoms. The minimum Gasteiger partial charge on any atom is -0.342 e. The van der Waals surface area contributed by atoms with E-state index in [4.69, 9.17) is 0 Å². The van der Waals surface area contributed by atoms with Crippen LogP contribution in [0.1, 0.15) is 22.3 Å². The van der Waals surface area contributed by atoms with Gasteiger partial charge in [0, 0.05) is 41.3 Å². The molecule has 1 N–H and O–H groups in total. The lowest BCUT2D eigenvalue weighted by Gasteiger charge is -2.12. The van der Waals surface area contributed by atoms with E-state index in [1.165, 1.54) is 17.0 Å². The number of carbonyl (C=O) groups is 2. The summed E-state index contributed by atoms with van der Waals surface area (Å²) in [7, 11) is 0. The van der Waals surface area contributed by atoms with Crippen LogP contribution in [0, 0.1) is 17.0 Å². The molecule has 0 bridgehead atoms. The minimum absolute atomic E-state index is 0.0437. The molecule has 3 amide bonds. The van der Waals surface area contributed by atoms with Crippen LogP contribution in [0.3, 0.4) is 0 Å². The number of fused-ring (bicyclic) bond motifs is 1. The second-order valence-corrected chi connectivity index (χ2v) is 8.52. The molecule has 174 valence electrons. The fraction of sp³-hybridized carbons (Fsp3) is 0.111. The van der Waals surface area contributed by atoms with E-state index < -0.39 is 11.0 Å². The Balaban J connectivity index is 1.44. The number of hydrogen-bond donors (Lipinski definition) is 1. The lowest BCUT2D eigenvalue weighted by Crippen LogP contribution is -2.30. The second-order valence-electron chi connectivity index (χ2n) is 8.52. The van der Waals surface area contributed by atoms with Crippen LogP contribution >= 0.6 is 0 Å². The van der Waals surface area contributed by atoms with Gasteiger partial charge in [-0.3, -0.25) is 19.8 Å². The smallest absolute Gasteiger partial charge is 0.329 e. The zero-order valence-corrected chi connectivity index (χ0v) is 19.0. The lowest BCUT2D eigenvalue weighted by atomic mass is 10.1. The first-order valence-corrected chi connectivity index (χ1v) is 11.1. The number of rotatable bonds is 6. The van der Waals surface area contributed by atoms with Gasteiger partial charge in [-0.05, 0) is 30.2 Å². The van der Waals surface area contributed by atoms with Gasteiger partial charge in [-0.25, -0.2) is 4.79 Å². The highest BCUT2D eigenvalue weighted by Crippen LogP contribution is 2.26. The number of benzene rings is 3. The van der Waals surface area contributed by atoms with Crippen LogP contribution in [-0.4, -0.2) is 26.3 Å². The Hall–Kier alpha value is -4.72. The molecule has 1 fully saturated rings. The Labute approximate surface area is 201 Å². The number of nitro benzene ring substituents is 1. The third-order valence-corrected chi connectivity index (χ3v) is 6.00. The van der Waals surface area contributed by atoms with E-state index in [-0.39, 0.29) is 23.8 Å². The molecule has 1 aliphatic rings. The van der Waals surface area contributed by atoms with Crippen molar-refractivity contribution in [2.75, 3.05) is 0 Å². The first-order valence-electron chi connectivity index (χ1n) is 11.1. The molecular weight excluding hydrogens is 444 g/mol. The first-order chi connectivity index (χ1) is 16.9. The van der Waals surface area contributed by atoms with Gasteiger partial charge in [-0.15, -0.1) is 0 Å². The van der Waals surface area contributed by atoms with Gasteiger partial charge in [-0.2, -0.15) is 0 Å². The summed E-state index contributed by atoms with van der Waals surface area (Å²) in [6.45, 7) is 2.67. The summed E-state index contributed by atoms with van der Waals surface area (Å²) in [5.74, 6) is -0.372. The maximum atomic E-state index is 13.0. The molecule has 0 aliphatic carbocycles. The van der Waals surface area contributed by atoms with Crippen molar-refractivity contribution in [3.8, 4) is 0 Å². The summed E-state index contributed by atoms with van der Waals surface area (Å²) in [4.78, 5) is 37.3. The van der Waals surface area contributed by atoms with Crippen molar-refractivity contribution >= 4 is 34.6 Å². The van der Waals surface area contributed by atoms with Crippen molar-refractivity contribution in [2.45, 2.75) is 20.0 Å². The molecule has 5 rings (SSSR count). The number of urea groups is 1. The summed E-state index contributed by atoms with van der Waals surface area (Å²) in [5, 5.41) is 14.6. The highest BCUT2D eigenvalue weighted by molar-refractivity contribution is 6.14. The molecule has 3 aromatic carbocycles. The van der Waals surface area contributed by atoms with Gasteiger partial charge in [-0.1, -0.05) is 60.2 Å². The molecular formula is C27H22N4O4. The zero-order valence-electron chi connectivity index (χ0n) is 19.0. The topological polar surface area (TPSA) is 97.5 Å². The lowest BCUT2D eigenvalue weighted by molar-refractivity contribution is -0.384. The highest BCUT2D eigenvalue weighted by atomic mass is 16.6. The van der Waals surface area contributed by atoms with Crippen LogP contribution in [-0.2, 0) is 17.9 Å². The predicted molar refractivity (Wildman–Crippen MR) is 132 cm³/mol. The molecule has 1 aromatic heterocycles. The number of amides is 3. The van der Waals surface area contributed by atoms with E-state index in [2.05, 4.69) is 5.32 Å². The standard InChI is InChI=1S/C27H22N4O4/c1-18-5-4-6-20(13-18)16-30-26(32)24(28-27(30)33)14-21-17-29(25-8-3-2-7-23(21)25)15-19-9-11-22(12-10-19)31(34)35/h2-14,17H,15-16H2,1H3,(H,28,33)/b24-14+. The van der Waals surface area contributed by atoms with Crippen molar-refractivity contribution in [1.29, 1.82) is 0 Å². The van der Waals surface area contributed by atoms with Gasteiger partial charge in [0.05, 0.1) is 11.5 Å². The predicted octanol–water partition coefficient (Wildman–Crippen LogP) is 5.00. The van der Waals surface area contributed by atoms with E-state index in [1.807, 2.05) is 66.2 Å². The summed E-state index contributed by atoms with van der Waals surface area (Å²) in [5.41, 5.74) is 4.86. The van der Waals surface area contributed by atoms with Crippen LogP contribution in [0.4, 0.5) is 10.5 Å². The number of nitrogens with one attached hydrogen (secondary N) is 1. The fourth-order valence-electron chi connectivity index (χ4n) is 4.30. The molecule has 0 saturated carbocycles. The average Bonchev–Trinajstić information content (AvgIpc) is 3.31. The van der Waals surface area contributed by atoms with E-state index in [0.29, 0.717) is 6.54 Å². The third kappa shape index (κ3) is 4.41. The molecule has 35 heavy (non-hydrogen) atoms. The van der Waals surface area contributed by atoms with Crippen LogP contribution in [0.15, 0.2) is 84.7 Å². The van der Waals surface area contributed by atoms with Crippen molar-refractivity contribution in [2.24, 2.45) is 0 Å². The molecule has 1 saturated heterocycles. The van der Waals surface area contributed by atoms with E-state index in [1.54, 1.807) is 18.2 Å². The van der Waals surface area contributed by atoms with Gasteiger partial charge in [0.15, 0.2) is 0 Å². The van der Waals surface area contributed by atoms with Crippen molar-refractivity contribution in [1.82, 2.24) is 14.8 Å². The molecule has 1 aliphatic heterocycles. The summed E-state index contributed by atoms with van der Waals surface area (Å²) in [6, 6.07) is 21.5. The number of non-ortho nitro benzene ring substituents is 1. The number of aryl methyl sites for hydroxylation is 1. The number of carbonyl (C=O) groups excluding carboxylic acids is 2. The average molecular weight is 466 g/mol. The Bertz CT molecular complexity index is 1500. The van der Waals surface area contributed by atoms with Gasteiger partial charge in [0.1, 0.15) is 5.70 Å². The van der Waals surface area contributed by atoms with E-state index >= 15 is 0 Å². The summed E-state index contributed by atoms with van der Waals surface area (Å²) >= 11 is 0. The van der Waals surface area contributed by atoms with Gasteiger partial charge in [0.2, 0.25) is 0 Å². The number of para-hydroxylation sites is 1. The molecule has 0 radical (unpaired) electrons. The number of hydrogen-bond acceptors (Lipinski definition) is 4.